The number of piperidine rings is 1. The third-order valence-electron chi connectivity index (χ3n) is 6.25. The number of sulfonamides is 1. The molecule has 2 aliphatic rings. The van der Waals surface area contributed by atoms with Crippen LogP contribution >= 0.6 is 11.3 Å². The summed E-state index contributed by atoms with van der Waals surface area (Å²) in [6.07, 6.45) is 5.91. The molecule has 1 aromatic heterocycles. The van der Waals surface area contributed by atoms with Gasteiger partial charge in [-0.05, 0) is 74.3 Å². The van der Waals surface area contributed by atoms with Crippen LogP contribution in [0, 0.1) is 17.2 Å². The Morgan fingerprint density at radius 2 is 1.87 bits per heavy atom. The summed E-state index contributed by atoms with van der Waals surface area (Å²) >= 11 is 1.57. The van der Waals surface area contributed by atoms with Crippen molar-refractivity contribution in [1.82, 2.24) is 4.31 Å². The fourth-order valence-electron chi connectivity index (χ4n) is 4.26. The molecule has 1 aromatic carbocycles. The van der Waals surface area contributed by atoms with Gasteiger partial charge in [-0.3, -0.25) is 4.79 Å². The van der Waals surface area contributed by atoms with E-state index in [-0.39, 0.29) is 17.2 Å². The molecule has 1 aliphatic carbocycles. The van der Waals surface area contributed by atoms with E-state index in [1.807, 2.05) is 0 Å². The maximum absolute atomic E-state index is 12.9. The zero-order valence-electron chi connectivity index (χ0n) is 17.7. The van der Waals surface area contributed by atoms with Gasteiger partial charge in [-0.2, -0.15) is 9.57 Å². The molecule has 2 heterocycles. The van der Waals surface area contributed by atoms with Crippen LogP contribution in [0.2, 0.25) is 0 Å². The highest BCUT2D eigenvalue weighted by atomic mass is 32.2. The lowest BCUT2D eigenvalue weighted by molar-refractivity contribution is 0.101. The molecular formula is C23H27N3O3S2. The molecule has 0 unspecified atom stereocenters. The van der Waals surface area contributed by atoms with Crippen molar-refractivity contribution in [1.29, 1.82) is 5.26 Å². The van der Waals surface area contributed by atoms with E-state index in [1.165, 1.54) is 21.3 Å². The van der Waals surface area contributed by atoms with Crippen LogP contribution in [0.4, 0.5) is 5.00 Å². The summed E-state index contributed by atoms with van der Waals surface area (Å²) in [4.78, 5) is 14.1. The number of Topliss-reactive ketones (excluding diaryl/α,β-unsaturated/α-hetero) is 1. The molecule has 0 spiro atoms. The van der Waals surface area contributed by atoms with Crippen molar-refractivity contribution in [2.45, 2.75) is 50.3 Å². The van der Waals surface area contributed by atoms with E-state index in [4.69, 9.17) is 0 Å². The Balaban J connectivity index is 1.42. The Morgan fingerprint density at radius 1 is 1.19 bits per heavy atom. The summed E-state index contributed by atoms with van der Waals surface area (Å²) in [5.74, 6) is 0.417. The minimum Gasteiger partial charge on any atom is -0.368 e. The molecule has 0 radical (unpaired) electrons. The standard InChI is InChI=1S/C23H27N3O3S2/c1-16-10-12-26(13-11-16)31(28,29)18-8-6-17(7-9-18)21(27)15-25-23-20(14-24)19-4-2-3-5-22(19)30-23/h6-9,16,25H,2-5,10-13,15H2,1H3. The van der Waals surface area contributed by atoms with Gasteiger partial charge < -0.3 is 5.32 Å². The minimum atomic E-state index is -3.52. The second-order valence-electron chi connectivity index (χ2n) is 8.41. The van der Waals surface area contributed by atoms with Crippen LogP contribution in [0.3, 0.4) is 0 Å². The second kappa shape index (κ2) is 9.11. The number of nitriles is 1. The summed E-state index contributed by atoms with van der Waals surface area (Å²) in [7, 11) is -3.52. The van der Waals surface area contributed by atoms with Crippen molar-refractivity contribution in [3.05, 3.63) is 45.8 Å². The van der Waals surface area contributed by atoms with Crippen LogP contribution < -0.4 is 5.32 Å². The maximum atomic E-state index is 12.9. The van der Waals surface area contributed by atoms with E-state index in [0.717, 1.165) is 49.1 Å². The van der Waals surface area contributed by atoms with Crippen molar-refractivity contribution < 1.29 is 13.2 Å². The lowest BCUT2D eigenvalue weighted by Gasteiger charge is -2.29. The molecular weight excluding hydrogens is 430 g/mol. The third-order valence-corrected chi connectivity index (χ3v) is 9.41. The summed E-state index contributed by atoms with van der Waals surface area (Å²) in [5, 5.41) is 13.5. The number of carbonyl (C=O) groups excluding carboxylic acids is 1. The summed E-state index contributed by atoms with van der Waals surface area (Å²) in [6.45, 7) is 3.30. The number of rotatable bonds is 6. The number of hydrogen-bond donors (Lipinski definition) is 1. The average molecular weight is 458 g/mol. The number of hydrogen-bond acceptors (Lipinski definition) is 6. The van der Waals surface area contributed by atoms with E-state index in [2.05, 4.69) is 18.3 Å². The van der Waals surface area contributed by atoms with E-state index in [9.17, 15) is 18.5 Å². The van der Waals surface area contributed by atoms with Crippen LogP contribution in [0.15, 0.2) is 29.2 Å². The molecule has 0 atom stereocenters. The van der Waals surface area contributed by atoms with Crippen LogP contribution in [0.1, 0.15) is 59.0 Å². The molecule has 164 valence electrons. The molecule has 0 saturated carbocycles. The fourth-order valence-corrected chi connectivity index (χ4v) is 6.96. The number of thiophene rings is 1. The van der Waals surface area contributed by atoms with Crippen molar-refractivity contribution in [3.63, 3.8) is 0 Å². The Bertz CT molecular complexity index is 1110. The van der Waals surface area contributed by atoms with E-state index in [1.54, 1.807) is 23.5 Å². The molecule has 31 heavy (non-hydrogen) atoms. The molecule has 1 fully saturated rings. The number of nitrogens with one attached hydrogen (secondary N) is 1. The number of nitrogens with zero attached hydrogens (tertiary/aromatic N) is 2. The first-order valence-electron chi connectivity index (χ1n) is 10.8. The van der Waals surface area contributed by atoms with Gasteiger partial charge in [0.2, 0.25) is 10.0 Å². The van der Waals surface area contributed by atoms with Crippen molar-refractivity contribution in [2.75, 3.05) is 25.0 Å². The Labute approximate surface area is 187 Å². The number of benzene rings is 1. The van der Waals surface area contributed by atoms with Crippen LogP contribution in [0.25, 0.3) is 0 Å². The number of anilines is 1. The smallest absolute Gasteiger partial charge is 0.243 e. The zero-order chi connectivity index (χ0) is 22.0. The normalized spacial score (nSPS) is 17.7. The summed E-state index contributed by atoms with van der Waals surface area (Å²) in [6, 6.07) is 8.48. The summed E-state index contributed by atoms with van der Waals surface area (Å²) < 4.78 is 27.2. The Kier molecular flexibility index (Phi) is 6.47. The molecule has 8 heteroatoms. The molecule has 2 aromatic rings. The highest BCUT2D eigenvalue weighted by Crippen LogP contribution is 2.37. The highest BCUT2D eigenvalue weighted by Gasteiger charge is 2.28. The molecule has 0 bridgehead atoms. The second-order valence-corrected chi connectivity index (χ2v) is 11.5. The predicted octanol–water partition coefficient (Wildman–Crippen LogP) is 4.21. The lowest BCUT2D eigenvalue weighted by Crippen LogP contribution is -2.37. The van der Waals surface area contributed by atoms with Gasteiger partial charge in [0.1, 0.15) is 11.1 Å². The highest BCUT2D eigenvalue weighted by molar-refractivity contribution is 7.89. The van der Waals surface area contributed by atoms with Crippen molar-refractivity contribution in [2.24, 2.45) is 5.92 Å². The van der Waals surface area contributed by atoms with Gasteiger partial charge in [0, 0.05) is 23.5 Å². The lowest BCUT2D eigenvalue weighted by atomic mass is 9.96. The van der Waals surface area contributed by atoms with Crippen molar-refractivity contribution >= 4 is 32.1 Å². The van der Waals surface area contributed by atoms with Crippen molar-refractivity contribution in [3.8, 4) is 6.07 Å². The number of fused-ring (bicyclic) bond motifs is 1. The van der Waals surface area contributed by atoms with Gasteiger partial charge in [-0.25, -0.2) is 8.42 Å². The first kappa shape index (κ1) is 22.0. The van der Waals surface area contributed by atoms with Gasteiger partial charge in [0.15, 0.2) is 5.78 Å². The molecule has 6 nitrogen and oxygen atoms in total. The number of aryl methyl sites for hydroxylation is 1. The zero-order valence-corrected chi connectivity index (χ0v) is 19.3. The Morgan fingerprint density at radius 3 is 2.55 bits per heavy atom. The van der Waals surface area contributed by atoms with E-state index >= 15 is 0 Å². The fraction of sp³-hybridized carbons (Fsp3) is 0.478. The summed E-state index contributed by atoms with van der Waals surface area (Å²) in [5.41, 5.74) is 2.26. The number of ketones is 1. The number of carbonyl (C=O) groups is 1. The van der Waals surface area contributed by atoms with Gasteiger partial charge in [-0.1, -0.05) is 6.92 Å². The topological polar surface area (TPSA) is 90.3 Å². The monoisotopic (exact) mass is 457 g/mol. The van der Waals surface area contributed by atoms with Gasteiger partial charge in [-0.15, -0.1) is 11.3 Å². The predicted molar refractivity (Wildman–Crippen MR) is 122 cm³/mol. The average Bonchev–Trinajstić information content (AvgIpc) is 3.15. The largest absolute Gasteiger partial charge is 0.368 e. The molecule has 4 rings (SSSR count). The van der Waals surface area contributed by atoms with Gasteiger partial charge >= 0.3 is 0 Å². The van der Waals surface area contributed by atoms with E-state index < -0.39 is 10.0 Å². The van der Waals surface area contributed by atoms with E-state index in [0.29, 0.717) is 30.1 Å². The molecule has 1 N–H and O–H groups in total. The molecule has 1 aliphatic heterocycles. The minimum absolute atomic E-state index is 0.0736. The first-order valence-corrected chi connectivity index (χ1v) is 13.1. The first-order chi connectivity index (χ1) is 14.9. The SMILES string of the molecule is CC1CCN(S(=O)(=O)c2ccc(C(=O)CNc3sc4c(c3C#N)CCCC4)cc2)CC1. The van der Waals surface area contributed by atoms with Gasteiger partial charge in [0.25, 0.3) is 0 Å². The molecule has 0 amide bonds. The maximum Gasteiger partial charge on any atom is 0.243 e. The van der Waals surface area contributed by atoms with Crippen LogP contribution in [-0.4, -0.2) is 38.1 Å². The van der Waals surface area contributed by atoms with Crippen LogP contribution in [-0.2, 0) is 22.9 Å². The quantitative estimate of drug-likeness (QED) is 0.656. The van der Waals surface area contributed by atoms with Gasteiger partial charge in [0.05, 0.1) is 17.0 Å². The molecule has 1 saturated heterocycles. The Hall–Kier alpha value is -2.21. The van der Waals surface area contributed by atoms with Crippen LogP contribution in [0.5, 0.6) is 0 Å². The third kappa shape index (κ3) is 4.54.